The Bertz CT molecular complexity index is 711. The monoisotopic (exact) mass is 383 g/mol. The zero-order chi connectivity index (χ0) is 19.6. The van der Waals surface area contributed by atoms with E-state index in [1.54, 1.807) is 0 Å². The summed E-state index contributed by atoms with van der Waals surface area (Å²) in [7, 11) is 0. The summed E-state index contributed by atoms with van der Waals surface area (Å²) in [5.41, 5.74) is 2.55. The number of guanidine groups is 1. The Morgan fingerprint density at radius 3 is 2.89 bits per heavy atom. The molecule has 3 rings (SSSR count). The molecule has 2 unspecified atom stereocenters. The highest BCUT2D eigenvalue weighted by atomic mass is 16.5. The summed E-state index contributed by atoms with van der Waals surface area (Å²) in [5, 5.41) is 6.81. The maximum atomic E-state index is 6.13. The number of nitrogens with zero attached hydrogens (tertiary/aromatic N) is 3. The molecule has 1 aliphatic rings. The predicted molar refractivity (Wildman–Crippen MR) is 113 cm³/mol. The lowest BCUT2D eigenvalue weighted by atomic mass is 9.89. The molecule has 28 heavy (non-hydrogen) atoms. The fraction of sp³-hybridized carbons (Fsp3) is 0.545. The average molecular weight is 384 g/mol. The van der Waals surface area contributed by atoms with Gasteiger partial charge >= 0.3 is 0 Å². The molecule has 0 saturated carbocycles. The molecule has 0 aliphatic carbocycles. The first-order chi connectivity index (χ1) is 13.8. The summed E-state index contributed by atoms with van der Waals surface area (Å²) < 4.78 is 8.22. The van der Waals surface area contributed by atoms with Crippen LogP contribution in [0.1, 0.15) is 43.4 Å². The number of benzene rings is 1. The Balaban J connectivity index is 1.54. The van der Waals surface area contributed by atoms with Crippen molar-refractivity contribution in [3.8, 4) is 0 Å². The van der Waals surface area contributed by atoms with Crippen LogP contribution in [-0.4, -0.2) is 41.8 Å². The number of ether oxygens (including phenoxy) is 1. The van der Waals surface area contributed by atoms with Crippen LogP contribution in [0.3, 0.4) is 0 Å². The van der Waals surface area contributed by atoms with Gasteiger partial charge in [-0.1, -0.05) is 29.8 Å². The van der Waals surface area contributed by atoms with E-state index >= 15 is 0 Å². The van der Waals surface area contributed by atoms with Crippen LogP contribution in [0.4, 0.5) is 0 Å². The topological polar surface area (TPSA) is 63.5 Å². The zero-order valence-electron chi connectivity index (χ0n) is 17.1. The van der Waals surface area contributed by atoms with Crippen molar-refractivity contribution in [2.75, 3.05) is 26.2 Å². The lowest BCUT2D eigenvalue weighted by Gasteiger charge is -2.31. The van der Waals surface area contributed by atoms with Gasteiger partial charge in [0, 0.05) is 51.1 Å². The summed E-state index contributed by atoms with van der Waals surface area (Å²) in [6.07, 6.45) is 9.09. The summed E-state index contributed by atoms with van der Waals surface area (Å²) in [4.78, 5) is 8.94. The third-order valence-electron chi connectivity index (χ3n) is 5.12. The lowest BCUT2D eigenvalue weighted by Crippen LogP contribution is -2.38. The van der Waals surface area contributed by atoms with E-state index in [0.717, 1.165) is 58.0 Å². The molecule has 1 aromatic heterocycles. The first kappa shape index (κ1) is 20.4. The second-order valence-electron chi connectivity index (χ2n) is 7.40. The van der Waals surface area contributed by atoms with Crippen molar-refractivity contribution in [3.63, 3.8) is 0 Å². The van der Waals surface area contributed by atoms with Gasteiger partial charge in [-0.2, -0.15) is 0 Å². The number of aromatic nitrogens is 2. The minimum atomic E-state index is 0.141. The molecule has 0 spiro atoms. The lowest BCUT2D eigenvalue weighted by molar-refractivity contribution is -0.0250. The van der Waals surface area contributed by atoms with Crippen LogP contribution >= 0.6 is 0 Å². The maximum Gasteiger partial charge on any atom is 0.191 e. The third-order valence-corrected chi connectivity index (χ3v) is 5.12. The number of aryl methyl sites for hydroxylation is 2. The van der Waals surface area contributed by atoms with Crippen molar-refractivity contribution in [1.29, 1.82) is 0 Å². The summed E-state index contributed by atoms with van der Waals surface area (Å²) in [6.45, 7) is 8.53. The van der Waals surface area contributed by atoms with Crippen LogP contribution in [0.15, 0.2) is 48.0 Å². The van der Waals surface area contributed by atoms with Crippen molar-refractivity contribution >= 4 is 5.96 Å². The van der Waals surface area contributed by atoms with E-state index in [1.165, 1.54) is 11.1 Å². The quantitative estimate of drug-likeness (QED) is 0.417. The molecule has 0 bridgehead atoms. The van der Waals surface area contributed by atoms with Gasteiger partial charge in [0.2, 0.25) is 0 Å². The first-order valence-electron chi connectivity index (χ1n) is 10.4. The summed E-state index contributed by atoms with van der Waals surface area (Å²) in [6, 6.07) is 8.72. The Kier molecular flexibility index (Phi) is 7.91. The van der Waals surface area contributed by atoms with Crippen molar-refractivity contribution in [1.82, 2.24) is 20.2 Å². The van der Waals surface area contributed by atoms with Crippen LogP contribution in [-0.2, 0) is 11.3 Å². The van der Waals surface area contributed by atoms with Gasteiger partial charge in [-0.05, 0) is 38.7 Å². The smallest absolute Gasteiger partial charge is 0.191 e. The first-order valence-corrected chi connectivity index (χ1v) is 10.4. The van der Waals surface area contributed by atoms with Gasteiger partial charge < -0.3 is 19.9 Å². The Morgan fingerprint density at radius 1 is 1.29 bits per heavy atom. The molecule has 2 aromatic rings. The molecule has 1 saturated heterocycles. The number of nitrogens with one attached hydrogen (secondary N) is 2. The highest BCUT2D eigenvalue weighted by Crippen LogP contribution is 2.33. The number of hydrogen-bond acceptors (Lipinski definition) is 3. The van der Waals surface area contributed by atoms with Crippen molar-refractivity contribution in [2.45, 2.75) is 45.8 Å². The molecule has 1 aromatic carbocycles. The van der Waals surface area contributed by atoms with Gasteiger partial charge in [-0.15, -0.1) is 0 Å². The molecule has 1 fully saturated rings. The fourth-order valence-corrected chi connectivity index (χ4v) is 3.59. The van der Waals surface area contributed by atoms with Gasteiger partial charge in [0.1, 0.15) is 0 Å². The third kappa shape index (κ3) is 6.09. The molecule has 1 aliphatic heterocycles. The predicted octanol–water partition coefficient (Wildman–Crippen LogP) is 3.30. The van der Waals surface area contributed by atoms with E-state index in [9.17, 15) is 0 Å². The van der Waals surface area contributed by atoms with Gasteiger partial charge in [0.05, 0.1) is 12.4 Å². The maximum absolute atomic E-state index is 6.13. The fourth-order valence-electron chi connectivity index (χ4n) is 3.59. The molecular formula is C22H33N5O. The van der Waals surface area contributed by atoms with Gasteiger partial charge in [0.15, 0.2) is 5.96 Å². The van der Waals surface area contributed by atoms with Gasteiger partial charge in [0.25, 0.3) is 0 Å². The van der Waals surface area contributed by atoms with Crippen LogP contribution in [0, 0.1) is 12.8 Å². The molecule has 0 radical (unpaired) electrons. The van der Waals surface area contributed by atoms with Crippen LogP contribution in [0.25, 0.3) is 0 Å². The number of imidazole rings is 1. The van der Waals surface area contributed by atoms with E-state index in [-0.39, 0.29) is 6.10 Å². The van der Waals surface area contributed by atoms with E-state index < -0.39 is 0 Å². The van der Waals surface area contributed by atoms with Crippen molar-refractivity contribution in [2.24, 2.45) is 10.9 Å². The summed E-state index contributed by atoms with van der Waals surface area (Å²) in [5.74, 6) is 1.30. The number of rotatable bonds is 8. The molecule has 0 amide bonds. The molecule has 152 valence electrons. The second kappa shape index (κ2) is 10.9. The van der Waals surface area contributed by atoms with Crippen molar-refractivity contribution in [3.05, 3.63) is 54.1 Å². The van der Waals surface area contributed by atoms with Crippen LogP contribution in [0.2, 0.25) is 0 Å². The van der Waals surface area contributed by atoms with Crippen LogP contribution in [0.5, 0.6) is 0 Å². The van der Waals surface area contributed by atoms with E-state index in [2.05, 4.69) is 58.3 Å². The second-order valence-corrected chi connectivity index (χ2v) is 7.40. The van der Waals surface area contributed by atoms with Gasteiger partial charge in [-0.25, -0.2) is 4.98 Å². The molecule has 6 nitrogen and oxygen atoms in total. The standard InChI is InChI=1S/C22H33N5O/c1-3-24-22(25-11-5-13-27-14-12-23-17-27)26-16-20-6-4-15-28-21(20)19-9-7-18(2)8-10-19/h7-10,12,14,17,20-21H,3-6,11,13,15-16H2,1-2H3,(H2,24,25,26). The van der Waals surface area contributed by atoms with Crippen molar-refractivity contribution < 1.29 is 4.74 Å². The molecule has 6 heteroatoms. The molecule has 2 heterocycles. The molecule has 2 atom stereocenters. The highest BCUT2D eigenvalue weighted by Gasteiger charge is 2.27. The van der Waals surface area contributed by atoms with Gasteiger partial charge in [-0.3, -0.25) is 4.99 Å². The Labute approximate surface area is 168 Å². The Hall–Kier alpha value is -2.34. The molecule has 2 N–H and O–H groups in total. The zero-order valence-corrected chi connectivity index (χ0v) is 17.1. The summed E-state index contributed by atoms with van der Waals surface area (Å²) >= 11 is 0. The SMILES string of the molecule is CCNC(=NCC1CCCOC1c1ccc(C)cc1)NCCCn1ccnc1. The number of hydrogen-bond donors (Lipinski definition) is 2. The van der Waals surface area contributed by atoms with E-state index in [1.807, 2.05) is 18.7 Å². The van der Waals surface area contributed by atoms with E-state index in [4.69, 9.17) is 9.73 Å². The highest BCUT2D eigenvalue weighted by molar-refractivity contribution is 5.79. The Morgan fingerprint density at radius 2 is 2.14 bits per heavy atom. The van der Waals surface area contributed by atoms with Crippen LogP contribution < -0.4 is 10.6 Å². The minimum Gasteiger partial charge on any atom is -0.373 e. The molecular weight excluding hydrogens is 350 g/mol. The average Bonchev–Trinajstić information content (AvgIpc) is 3.24. The minimum absolute atomic E-state index is 0.141. The number of aliphatic imine (C=N–C) groups is 1. The largest absolute Gasteiger partial charge is 0.373 e. The van der Waals surface area contributed by atoms with E-state index in [0.29, 0.717) is 5.92 Å². The normalized spacial score (nSPS) is 20.1.